The van der Waals surface area contributed by atoms with E-state index in [0.717, 1.165) is 17.1 Å². The van der Waals surface area contributed by atoms with Crippen molar-refractivity contribution in [3.05, 3.63) is 39.9 Å². The number of carbonyl (C=O) groups excluding carboxylic acids is 1. The molecule has 126 valence electrons. The van der Waals surface area contributed by atoms with Crippen LogP contribution < -0.4 is 10.6 Å². The third-order valence-electron chi connectivity index (χ3n) is 3.69. The van der Waals surface area contributed by atoms with Gasteiger partial charge in [-0.25, -0.2) is 14.8 Å². The van der Waals surface area contributed by atoms with Gasteiger partial charge < -0.3 is 9.73 Å². The monoisotopic (exact) mass is 362 g/mol. The Labute approximate surface area is 148 Å². The predicted molar refractivity (Wildman–Crippen MR) is 96.5 cm³/mol. The van der Waals surface area contributed by atoms with Crippen LogP contribution in [-0.2, 0) is 5.54 Å². The Balaban J connectivity index is 1.68. The molecule has 6 nitrogen and oxygen atoms in total. The van der Waals surface area contributed by atoms with Gasteiger partial charge in [-0.1, -0.05) is 6.92 Å². The van der Waals surface area contributed by atoms with Crippen LogP contribution in [0.3, 0.4) is 0 Å². The van der Waals surface area contributed by atoms with Gasteiger partial charge in [-0.15, -0.1) is 22.7 Å². The van der Waals surface area contributed by atoms with Crippen LogP contribution in [0.1, 0.15) is 31.0 Å². The van der Waals surface area contributed by atoms with E-state index in [4.69, 9.17) is 4.42 Å². The van der Waals surface area contributed by atoms with Crippen molar-refractivity contribution in [1.82, 2.24) is 15.3 Å². The number of hydrogen-bond acceptors (Lipinski definition) is 6. The molecule has 24 heavy (non-hydrogen) atoms. The summed E-state index contributed by atoms with van der Waals surface area (Å²) in [7, 11) is 0. The van der Waals surface area contributed by atoms with Crippen molar-refractivity contribution >= 4 is 33.8 Å². The number of nitrogens with one attached hydrogen (secondary N) is 2. The molecule has 0 aliphatic carbocycles. The molecule has 1 atom stereocenters. The number of furan rings is 1. The zero-order valence-electron chi connectivity index (χ0n) is 13.6. The molecule has 3 aromatic rings. The maximum absolute atomic E-state index is 12.4. The molecular weight excluding hydrogens is 344 g/mol. The van der Waals surface area contributed by atoms with Crippen LogP contribution >= 0.6 is 22.7 Å². The number of hydrogen-bond donors (Lipinski definition) is 2. The highest BCUT2D eigenvalue weighted by Gasteiger charge is 2.30. The largest absolute Gasteiger partial charge is 0.463 e. The summed E-state index contributed by atoms with van der Waals surface area (Å²) >= 11 is 2.91. The number of urea groups is 1. The van der Waals surface area contributed by atoms with Crippen molar-refractivity contribution in [1.29, 1.82) is 0 Å². The lowest BCUT2D eigenvalue weighted by atomic mass is 10.0. The maximum atomic E-state index is 12.4. The summed E-state index contributed by atoms with van der Waals surface area (Å²) < 4.78 is 5.30. The molecule has 0 saturated heterocycles. The normalized spacial score (nSPS) is 13.5. The Kier molecular flexibility index (Phi) is 4.68. The zero-order valence-corrected chi connectivity index (χ0v) is 15.3. The van der Waals surface area contributed by atoms with Gasteiger partial charge >= 0.3 is 6.03 Å². The number of nitrogens with zero attached hydrogens (tertiary/aromatic N) is 2. The SMILES string of the molecule is CCC(C)(NC(=O)Nc1nc(-c2ccco2)cs1)c1nc(C)cs1. The first kappa shape index (κ1) is 16.7. The van der Waals surface area contributed by atoms with Crippen molar-refractivity contribution in [3.8, 4) is 11.5 Å². The van der Waals surface area contributed by atoms with Crippen molar-refractivity contribution in [2.24, 2.45) is 0 Å². The summed E-state index contributed by atoms with van der Waals surface area (Å²) in [6, 6.07) is 3.34. The topological polar surface area (TPSA) is 80.0 Å². The Bertz CT molecular complexity index is 825. The second kappa shape index (κ2) is 6.74. The minimum absolute atomic E-state index is 0.299. The molecule has 8 heteroatoms. The van der Waals surface area contributed by atoms with Gasteiger partial charge in [-0.3, -0.25) is 5.32 Å². The van der Waals surface area contributed by atoms with E-state index >= 15 is 0 Å². The fourth-order valence-corrected chi connectivity index (χ4v) is 3.83. The predicted octanol–water partition coefficient (Wildman–Crippen LogP) is 4.61. The molecule has 3 rings (SSSR count). The Morgan fingerprint density at radius 2 is 2.17 bits per heavy atom. The Morgan fingerprint density at radius 1 is 1.33 bits per heavy atom. The van der Waals surface area contributed by atoms with E-state index in [1.165, 1.54) is 11.3 Å². The van der Waals surface area contributed by atoms with Gasteiger partial charge in [-0.05, 0) is 32.4 Å². The second-order valence-electron chi connectivity index (χ2n) is 5.57. The summed E-state index contributed by atoms with van der Waals surface area (Å²) in [4.78, 5) is 21.2. The fourth-order valence-electron chi connectivity index (χ4n) is 2.15. The van der Waals surface area contributed by atoms with Gasteiger partial charge in [0.2, 0.25) is 0 Å². The van der Waals surface area contributed by atoms with E-state index in [2.05, 4.69) is 20.6 Å². The molecule has 0 saturated carbocycles. The molecule has 2 N–H and O–H groups in total. The van der Waals surface area contributed by atoms with E-state index in [-0.39, 0.29) is 6.03 Å². The molecule has 0 fully saturated rings. The lowest BCUT2D eigenvalue weighted by Gasteiger charge is -2.27. The summed E-state index contributed by atoms with van der Waals surface area (Å²) in [6.45, 7) is 5.94. The number of aromatic nitrogens is 2. The van der Waals surface area contributed by atoms with Gasteiger partial charge in [0.05, 0.1) is 11.8 Å². The highest BCUT2D eigenvalue weighted by Crippen LogP contribution is 2.28. The lowest BCUT2D eigenvalue weighted by Crippen LogP contribution is -2.45. The molecule has 3 aromatic heterocycles. The molecule has 0 spiro atoms. The van der Waals surface area contributed by atoms with Crippen LogP contribution in [0.15, 0.2) is 33.6 Å². The van der Waals surface area contributed by atoms with Crippen LogP contribution in [0, 0.1) is 6.92 Å². The maximum Gasteiger partial charge on any atom is 0.321 e. The van der Waals surface area contributed by atoms with Gasteiger partial charge in [0.1, 0.15) is 10.7 Å². The first-order chi connectivity index (χ1) is 11.5. The van der Waals surface area contributed by atoms with E-state index in [0.29, 0.717) is 16.6 Å². The minimum Gasteiger partial charge on any atom is -0.463 e. The van der Waals surface area contributed by atoms with Crippen molar-refractivity contribution in [3.63, 3.8) is 0 Å². The van der Waals surface area contributed by atoms with E-state index in [1.807, 2.05) is 37.6 Å². The van der Waals surface area contributed by atoms with Crippen molar-refractivity contribution < 1.29 is 9.21 Å². The van der Waals surface area contributed by atoms with Crippen LogP contribution in [0.25, 0.3) is 11.5 Å². The van der Waals surface area contributed by atoms with Gasteiger partial charge in [0.25, 0.3) is 0 Å². The third kappa shape index (κ3) is 3.49. The quantitative estimate of drug-likeness (QED) is 0.694. The van der Waals surface area contributed by atoms with Crippen LogP contribution in [0.4, 0.5) is 9.93 Å². The Morgan fingerprint density at radius 3 is 2.79 bits per heavy atom. The molecule has 0 bridgehead atoms. The number of thiazole rings is 2. The first-order valence-electron chi connectivity index (χ1n) is 7.51. The molecule has 0 radical (unpaired) electrons. The minimum atomic E-state index is -0.510. The van der Waals surface area contributed by atoms with E-state index in [1.54, 1.807) is 23.7 Å². The van der Waals surface area contributed by atoms with E-state index in [9.17, 15) is 4.79 Å². The third-order valence-corrected chi connectivity index (χ3v) is 5.67. The second-order valence-corrected chi connectivity index (χ2v) is 7.29. The summed E-state index contributed by atoms with van der Waals surface area (Å²) in [5, 5.41) is 11.0. The van der Waals surface area contributed by atoms with Gasteiger partial charge in [0.15, 0.2) is 10.9 Å². The number of carbonyl (C=O) groups is 1. The molecule has 0 aliphatic rings. The zero-order chi connectivity index (χ0) is 17.2. The smallest absolute Gasteiger partial charge is 0.321 e. The molecule has 0 aliphatic heterocycles. The molecular formula is C16H18N4O2S2. The molecule has 0 aromatic carbocycles. The van der Waals surface area contributed by atoms with Gasteiger partial charge in [0, 0.05) is 16.5 Å². The summed E-state index contributed by atoms with van der Waals surface area (Å²) in [6.07, 6.45) is 2.33. The summed E-state index contributed by atoms with van der Waals surface area (Å²) in [5.41, 5.74) is 1.15. The average Bonchev–Trinajstić information content (AvgIpc) is 3.27. The lowest BCUT2D eigenvalue weighted by molar-refractivity contribution is 0.237. The van der Waals surface area contributed by atoms with Crippen molar-refractivity contribution in [2.75, 3.05) is 5.32 Å². The highest BCUT2D eigenvalue weighted by atomic mass is 32.1. The average molecular weight is 362 g/mol. The number of anilines is 1. The first-order valence-corrected chi connectivity index (χ1v) is 9.27. The summed E-state index contributed by atoms with van der Waals surface area (Å²) in [5.74, 6) is 0.677. The molecule has 3 heterocycles. The Hall–Kier alpha value is -2.19. The number of amides is 2. The number of aryl methyl sites for hydroxylation is 1. The van der Waals surface area contributed by atoms with Crippen LogP contribution in [0.2, 0.25) is 0 Å². The molecule has 2 amide bonds. The fraction of sp³-hybridized carbons (Fsp3) is 0.312. The van der Waals surface area contributed by atoms with E-state index < -0.39 is 5.54 Å². The highest BCUT2D eigenvalue weighted by molar-refractivity contribution is 7.14. The van der Waals surface area contributed by atoms with Gasteiger partial charge in [-0.2, -0.15) is 0 Å². The van der Waals surface area contributed by atoms with Crippen LogP contribution in [0.5, 0.6) is 0 Å². The van der Waals surface area contributed by atoms with Crippen molar-refractivity contribution in [2.45, 2.75) is 32.7 Å². The van der Waals surface area contributed by atoms with Crippen LogP contribution in [-0.4, -0.2) is 16.0 Å². The standard InChI is InChI=1S/C16H18N4O2S2/c1-4-16(3,13-17-10(2)8-23-13)20-14(21)19-15-18-11(9-24-15)12-6-5-7-22-12/h5-9H,4H2,1-3H3,(H2,18,19,20,21). The molecule has 1 unspecified atom stereocenters. The number of rotatable bonds is 5.